The summed E-state index contributed by atoms with van der Waals surface area (Å²) in [5, 5.41) is 0. The molecule has 1 aliphatic heterocycles. The van der Waals surface area contributed by atoms with Gasteiger partial charge in [-0.25, -0.2) is 0 Å². The number of rotatable bonds is 3. The van der Waals surface area contributed by atoms with E-state index >= 15 is 0 Å². The first-order chi connectivity index (χ1) is 7.84. The molecule has 0 radical (unpaired) electrons. The fourth-order valence-electron chi connectivity index (χ4n) is 2.22. The van der Waals surface area contributed by atoms with Crippen molar-refractivity contribution < 1.29 is 4.43 Å². The van der Waals surface area contributed by atoms with Gasteiger partial charge in [0.2, 0.25) is 0 Å². The summed E-state index contributed by atoms with van der Waals surface area (Å²) in [6.07, 6.45) is 4.95. The lowest BCUT2D eigenvalue weighted by molar-refractivity contribution is 0.288. The zero-order valence-corrected chi connectivity index (χ0v) is 11.1. The molecule has 1 unspecified atom stereocenters. The minimum atomic E-state index is -0.894. The topological polar surface area (TPSA) is 9.23 Å². The van der Waals surface area contributed by atoms with Crippen molar-refractivity contribution in [3.05, 3.63) is 41.5 Å². The van der Waals surface area contributed by atoms with Crippen LogP contribution in [0.1, 0.15) is 25.3 Å². The van der Waals surface area contributed by atoms with Gasteiger partial charge in [-0.05, 0) is 31.0 Å². The summed E-state index contributed by atoms with van der Waals surface area (Å²) < 4.78 is 5.88. The summed E-state index contributed by atoms with van der Waals surface area (Å²) in [5.74, 6) is 0. The molecule has 2 rings (SSSR count). The molecule has 1 saturated heterocycles. The van der Waals surface area contributed by atoms with Crippen LogP contribution in [0.2, 0.25) is 12.1 Å². The Balaban J connectivity index is 1.91. The van der Waals surface area contributed by atoms with Crippen LogP contribution in [-0.2, 0) is 4.43 Å². The third-order valence-corrected chi connectivity index (χ3v) is 5.89. The van der Waals surface area contributed by atoms with Gasteiger partial charge in [0.1, 0.15) is 0 Å². The molecule has 0 aromatic heterocycles. The molecule has 0 aliphatic carbocycles. The van der Waals surface area contributed by atoms with E-state index in [0.717, 1.165) is 6.61 Å². The van der Waals surface area contributed by atoms with Crippen molar-refractivity contribution in [2.75, 3.05) is 6.61 Å². The molecule has 2 heteroatoms. The highest BCUT2D eigenvalue weighted by Gasteiger charge is 2.16. The highest BCUT2D eigenvalue weighted by molar-refractivity contribution is 6.52. The van der Waals surface area contributed by atoms with Gasteiger partial charge in [-0.1, -0.05) is 48.4 Å². The first-order valence-corrected chi connectivity index (χ1v) is 8.29. The molecule has 0 N–H and O–H groups in total. The Hall–Kier alpha value is -0.863. The van der Waals surface area contributed by atoms with Crippen molar-refractivity contribution in [1.82, 2.24) is 0 Å². The van der Waals surface area contributed by atoms with Gasteiger partial charge in [-0.2, -0.15) is 0 Å². The average molecular weight is 232 g/mol. The smallest absolute Gasteiger partial charge is 0.180 e. The van der Waals surface area contributed by atoms with E-state index < -0.39 is 9.04 Å². The summed E-state index contributed by atoms with van der Waals surface area (Å²) in [7, 11) is -0.894. The molecule has 1 heterocycles. The number of hydrogen-bond acceptors (Lipinski definition) is 1. The number of hydrogen-bond donors (Lipinski definition) is 0. The van der Waals surface area contributed by atoms with E-state index in [2.05, 4.69) is 43.3 Å². The van der Waals surface area contributed by atoms with E-state index in [1.165, 1.54) is 36.1 Å². The Labute approximate surface area is 99.9 Å². The van der Waals surface area contributed by atoms with Crippen molar-refractivity contribution in [3.8, 4) is 0 Å². The van der Waals surface area contributed by atoms with Gasteiger partial charge in [-0.3, -0.25) is 0 Å². The van der Waals surface area contributed by atoms with Gasteiger partial charge < -0.3 is 4.43 Å². The predicted molar refractivity (Wildman–Crippen MR) is 72.0 cm³/mol. The van der Waals surface area contributed by atoms with Crippen LogP contribution in [0.25, 0.3) is 6.08 Å². The van der Waals surface area contributed by atoms with Crippen molar-refractivity contribution >= 4 is 15.1 Å². The highest BCUT2D eigenvalue weighted by atomic mass is 28.3. The fraction of sp³-hybridized carbons (Fsp3) is 0.429. The minimum absolute atomic E-state index is 0.894. The number of allylic oxidation sites excluding steroid dienone is 1. The molecule has 86 valence electrons. The second-order valence-corrected chi connectivity index (χ2v) is 7.16. The number of benzene rings is 1. The second kappa shape index (κ2) is 6.02. The van der Waals surface area contributed by atoms with Crippen LogP contribution in [-0.4, -0.2) is 15.6 Å². The van der Waals surface area contributed by atoms with E-state index in [4.69, 9.17) is 4.43 Å². The Kier molecular flexibility index (Phi) is 4.37. The SMILES string of the molecule is CC(=Cc1ccccc1)C[SiH]1CCCCO1. The van der Waals surface area contributed by atoms with E-state index in [-0.39, 0.29) is 0 Å². The maximum absolute atomic E-state index is 5.88. The van der Waals surface area contributed by atoms with Crippen LogP contribution in [0, 0.1) is 0 Å². The summed E-state index contributed by atoms with van der Waals surface area (Å²) in [6.45, 7) is 3.24. The lowest BCUT2D eigenvalue weighted by atomic mass is 10.1. The minimum Gasteiger partial charge on any atom is -0.420 e. The molecule has 0 amide bonds. The Bertz CT molecular complexity index is 339. The van der Waals surface area contributed by atoms with E-state index in [1.54, 1.807) is 0 Å². The molecule has 1 atom stereocenters. The first kappa shape index (κ1) is 11.6. The van der Waals surface area contributed by atoms with Gasteiger partial charge in [0.25, 0.3) is 0 Å². The van der Waals surface area contributed by atoms with E-state index in [9.17, 15) is 0 Å². The van der Waals surface area contributed by atoms with E-state index in [0.29, 0.717) is 0 Å². The van der Waals surface area contributed by atoms with Crippen molar-refractivity contribution in [3.63, 3.8) is 0 Å². The van der Waals surface area contributed by atoms with Crippen LogP contribution in [0.15, 0.2) is 35.9 Å². The maximum Gasteiger partial charge on any atom is 0.180 e. The molecular weight excluding hydrogens is 212 g/mol. The van der Waals surface area contributed by atoms with Gasteiger partial charge in [0, 0.05) is 6.61 Å². The van der Waals surface area contributed by atoms with Crippen LogP contribution in [0.5, 0.6) is 0 Å². The molecule has 1 aromatic rings. The fourth-order valence-corrected chi connectivity index (χ4v) is 4.79. The summed E-state index contributed by atoms with van der Waals surface area (Å²) in [4.78, 5) is 0. The standard InChI is InChI=1S/C14H20OSi/c1-13(11-14-7-3-2-4-8-14)12-16-10-6-5-9-15-16/h2-4,7-8,11,16H,5-6,9-10,12H2,1H3. The molecule has 1 aliphatic rings. The molecule has 1 fully saturated rings. The maximum atomic E-state index is 5.88. The summed E-state index contributed by atoms with van der Waals surface area (Å²) in [6, 6.07) is 13.1. The van der Waals surface area contributed by atoms with Gasteiger partial charge in [-0.15, -0.1) is 0 Å². The Morgan fingerprint density at radius 1 is 1.31 bits per heavy atom. The molecule has 1 nitrogen and oxygen atoms in total. The molecule has 0 bridgehead atoms. The lowest BCUT2D eigenvalue weighted by Gasteiger charge is -2.21. The average Bonchev–Trinajstić information content (AvgIpc) is 2.31. The third kappa shape index (κ3) is 3.61. The zero-order valence-electron chi connectivity index (χ0n) is 9.99. The van der Waals surface area contributed by atoms with Gasteiger partial charge in [0.15, 0.2) is 9.04 Å². The van der Waals surface area contributed by atoms with Crippen molar-refractivity contribution in [2.45, 2.75) is 31.9 Å². The second-order valence-electron chi connectivity index (χ2n) is 4.59. The Morgan fingerprint density at radius 3 is 2.81 bits per heavy atom. The van der Waals surface area contributed by atoms with Crippen LogP contribution in [0.3, 0.4) is 0 Å². The molecule has 0 spiro atoms. The highest BCUT2D eigenvalue weighted by Crippen LogP contribution is 2.19. The van der Waals surface area contributed by atoms with Crippen molar-refractivity contribution in [1.29, 1.82) is 0 Å². The normalized spacial score (nSPS) is 22.1. The summed E-state index contributed by atoms with van der Waals surface area (Å²) in [5.41, 5.74) is 2.79. The largest absolute Gasteiger partial charge is 0.420 e. The molecular formula is C14H20OSi. The van der Waals surface area contributed by atoms with Crippen LogP contribution in [0.4, 0.5) is 0 Å². The monoisotopic (exact) mass is 232 g/mol. The van der Waals surface area contributed by atoms with Crippen LogP contribution >= 0.6 is 0 Å². The lowest BCUT2D eigenvalue weighted by Crippen LogP contribution is -2.23. The van der Waals surface area contributed by atoms with E-state index in [1.807, 2.05) is 0 Å². The first-order valence-electron chi connectivity index (χ1n) is 6.18. The third-order valence-electron chi connectivity index (χ3n) is 3.04. The molecule has 1 aromatic carbocycles. The van der Waals surface area contributed by atoms with Crippen molar-refractivity contribution in [2.24, 2.45) is 0 Å². The predicted octanol–water partition coefficient (Wildman–Crippen LogP) is 3.62. The molecule has 0 saturated carbocycles. The van der Waals surface area contributed by atoms with Gasteiger partial charge in [0.05, 0.1) is 0 Å². The quantitative estimate of drug-likeness (QED) is 0.723. The summed E-state index contributed by atoms with van der Waals surface area (Å²) >= 11 is 0. The van der Waals surface area contributed by atoms with Crippen LogP contribution < -0.4 is 0 Å². The zero-order chi connectivity index (χ0) is 11.2. The molecule has 16 heavy (non-hydrogen) atoms. The van der Waals surface area contributed by atoms with Gasteiger partial charge >= 0.3 is 0 Å². The Morgan fingerprint density at radius 2 is 2.12 bits per heavy atom.